The first-order chi connectivity index (χ1) is 7.77. The molecule has 4 heteroatoms. The molecule has 1 rings (SSSR count). The van der Waals surface area contributed by atoms with Crippen LogP contribution in [0.15, 0.2) is 0 Å². The largest absolute Gasteiger partial charge is 0.384 e. The lowest BCUT2D eigenvalue weighted by Gasteiger charge is -2.38. The highest BCUT2D eigenvalue weighted by atomic mass is 16.5. The number of unbranched alkanes of at least 4 members (excludes halogenated alkanes) is 2. The molecule has 0 radical (unpaired) electrons. The molecule has 0 N–H and O–H groups in total. The summed E-state index contributed by atoms with van der Waals surface area (Å²) in [5, 5.41) is 0. The summed E-state index contributed by atoms with van der Waals surface area (Å²) in [5.41, 5.74) is 0. The van der Waals surface area contributed by atoms with E-state index in [0.717, 1.165) is 26.1 Å². The zero-order valence-corrected chi connectivity index (χ0v) is 10.4. The van der Waals surface area contributed by atoms with Crippen LogP contribution in [0.25, 0.3) is 0 Å². The van der Waals surface area contributed by atoms with Crippen molar-refractivity contribution in [3.05, 3.63) is 0 Å². The third-order valence-electron chi connectivity index (χ3n) is 2.83. The molecule has 94 valence electrons. The molecule has 1 amide bonds. The maximum atomic E-state index is 11.6. The van der Waals surface area contributed by atoms with Crippen LogP contribution in [0.1, 0.15) is 26.2 Å². The number of likely N-dealkylation sites (tertiary alicyclic amines) is 1. The van der Waals surface area contributed by atoms with Gasteiger partial charge in [0.05, 0.1) is 6.61 Å². The second-order valence-corrected chi connectivity index (χ2v) is 4.38. The third-order valence-corrected chi connectivity index (χ3v) is 2.83. The molecule has 0 aromatic rings. The van der Waals surface area contributed by atoms with E-state index in [9.17, 15) is 4.79 Å². The van der Waals surface area contributed by atoms with Gasteiger partial charge in [0.1, 0.15) is 6.61 Å². The molecule has 0 aromatic heterocycles. The van der Waals surface area contributed by atoms with E-state index in [2.05, 4.69) is 6.92 Å². The highest BCUT2D eigenvalue weighted by Crippen LogP contribution is 2.15. The Morgan fingerprint density at radius 1 is 1.38 bits per heavy atom. The first kappa shape index (κ1) is 13.5. The van der Waals surface area contributed by atoms with Gasteiger partial charge in [-0.3, -0.25) is 4.79 Å². The molecule has 1 aliphatic heterocycles. The van der Waals surface area contributed by atoms with Crippen LogP contribution in [0.3, 0.4) is 0 Å². The maximum Gasteiger partial charge on any atom is 0.248 e. The van der Waals surface area contributed by atoms with Crippen LogP contribution in [0.5, 0.6) is 0 Å². The normalized spacial score (nSPS) is 16.2. The van der Waals surface area contributed by atoms with Crippen molar-refractivity contribution in [3.8, 4) is 0 Å². The van der Waals surface area contributed by atoms with Crippen LogP contribution in [-0.4, -0.2) is 50.8 Å². The predicted octanol–water partition coefficient (Wildman–Crippen LogP) is 1.30. The van der Waals surface area contributed by atoms with Crippen molar-refractivity contribution in [3.63, 3.8) is 0 Å². The van der Waals surface area contributed by atoms with Crippen molar-refractivity contribution in [2.75, 3.05) is 40.0 Å². The van der Waals surface area contributed by atoms with Gasteiger partial charge in [-0.2, -0.15) is 0 Å². The lowest BCUT2D eigenvalue weighted by atomic mass is 10.0. The Bertz CT molecular complexity index is 202. The van der Waals surface area contributed by atoms with Crippen molar-refractivity contribution in [1.29, 1.82) is 0 Å². The van der Waals surface area contributed by atoms with Crippen LogP contribution in [0, 0.1) is 5.92 Å². The number of carbonyl (C=O) groups excluding carboxylic acids is 1. The number of hydrogen-bond acceptors (Lipinski definition) is 3. The molecule has 0 bridgehead atoms. The van der Waals surface area contributed by atoms with E-state index in [1.54, 1.807) is 7.11 Å². The minimum atomic E-state index is 0.115. The Hall–Kier alpha value is -0.610. The molecule has 0 unspecified atom stereocenters. The van der Waals surface area contributed by atoms with Gasteiger partial charge in [-0.25, -0.2) is 0 Å². The summed E-state index contributed by atoms with van der Waals surface area (Å²) >= 11 is 0. The average molecular weight is 229 g/mol. The summed E-state index contributed by atoms with van der Waals surface area (Å²) in [4.78, 5) is 13.4. The number of hydrogen-bond donors (Lipinski definition) is 0. The molecule has 1 heterocycles. The first-order valence-electron chi connectivity index (χ1n) is 6.12. The Balaban J connectivity index is 1.96. The number of methoxy groups -OCH3 is 1. The van der Waals surface area contributed by atoms with Crippen LogP contribution in [-0.2, 0) is 14.3 Å². The second kappa shape index (κ2) is 7.63. The molecule has 1 aliphatic rings. The lowest BCUT2D eigenvalue weighted by Crippen LogP contribution is -2.52. The topological polar surface area (TPSA) is 38.8 Å². The molecular formula is C12H23NO3. The fourth-order valence-corrected chi connectivity index (χ4v) is 1.82. The predicted molar refractivity (Wildman–Crippen MR) is 62.3 cm³/mol. The summed E-state index contributed by atoms with van der Waals surface area (Å²) in [6, 6.07) is 0. The standard InChI is InChI=1S/C12H23NO3/c1-3-4-5-6-16-10-12(14)13-7-11(8-13)9-15-2/h11H,3-10H2,1-2H3. The Kier molecular flexibility index (Phi) is 6.42. The van der Waals surface area contributed by atoms with Gasteiger partial charge < -0.3 is 14.4 Å². The lowest BCUT2D eigenvalue weighted by molar-refractivity contribution is -0.143. The molecule has 0 spiro atoms. The number of ether oxygens (including phenoxy) is 2. The monoisotopic (exact) mass is 229 g/mol. The summed E-state index contributed by atoms with van der Waals surface area (Å²) in [5.74, 6) is 0.637. The van der Waals surface area contributed by atoms with Gasteiger partial charge in [-0.15, -0.1) is 0 Å². The molecule has 0 saturated carbocycles. The fourth-order valence-electron chi connectivity index (χ4n) is 1.82. The summed E-state index contributed by atoms with van der Waals surface area (Å²) in [7, 11) is 1.70. The summed E-state index contributed by atoms with van der Waals surface area (Å²) in [6.07, 6.45) is 3.41. The van der Waals surface area contributed by atoms with Gasteiger partial charge in [0.2, 0.25) is 5.91 Å². The van der Waals surface area contributed by atoms with Crippen LogP contribution in [0.4, 0.5) is 0 Å². The van der Waals surface area contributed by atoms with E-state index in [1.165, 1.54) is 12.8 Å². The summed E-state index contributed by atoms with van der Waals surface area (Å²) in [6.45, 7) is 5.50. The molecule has 4 nitrogen and oxygen atoms in total. The molecule has 0 aromatic carbocycles. The summed E-state index contributed by atoms with van der Waals surface area (Å²) < 4.78 is 10.4. The zero-order chi connectivity index (χ0) is 11.8. The number of carbonyl (C=O) groups is 1. The highest BCUT2D eigenvalue weighted by Gasteiger charge is 2.29. The zero-order valence-electron chi connectivity index (χ0n) is 10.4. The van der Waals surface area contributed by atoms with Crippen molar-refractivity contribution < 1.29 is 14.3 Å². The smallest absolute Gasteiger partial charge is 0.248 e. The second-order valence-electron chi connectivity index (χ2n) is 4.38. The Morgan fingerprint density at radius 3 is 2.75 bits per heavy atom. The van der Waals surface area contributed by atoms with Gasteiger partial charge in [0.15, 0.2) is 0 Å². The number of nitrogens with zero attached hydrogens (tertiary/aromatic N) is 1. The van der Waals surface area contributed by atoms with E-state index in [1.807, 2.05) is 4.90 Å². The van der Waals surface area contributed by atoms with Gasteiger partial charge in [-0.05, 0) is 6.42 Å². The first-order valence-corrected chi connectivity index (χ1v) is 6.12. The Morgan fingerprint density at radius 2 is 2.12 bits per heavy atom. The van der Waals surface area contributed by atoms with Crippen LogP contribution >= 0.6 is 0 Å². The van der Waals surface area contributed by atoms with Crippen LogP contribution < -0.4 is 0 Å². The van der Waals surface area contributed by atoms with Gasteiger partial charge >= 0.3 is 0 Å². The van der Waals surface area contributed by atoms with E-state index in [0.29, 0.717) is 12.5 Å². The molecule has 16 heavy (non-hydrogen) atoms. The Labute approximate surface area is 97.9 Å². The van der Waals surface area contributed by atoms with E-state index in [-0.39, 0.29) is 12.5 Å². The van der Waals surface area contributed by atoms with Crippen molar-refractivity contribution in [1.82, 2.24) is 4.90 Å². The van der Waals surface area contributed by atoms with Crippen molar-refractivity contribution in [2.45, 2.75) is 26.2 Å². The SMILES string of the molecule is CCCCCOCC(=O)N1CC(COC)C1. The minimum absolute atomic E-state index is 0.115. The van der Waals surface area contributed by atoms with Gasteiger partial charge in [0.25, 0.3) is 0 Å². The molecular weight excluding hydrogens is 206 g/mol. The molecule has 0 atom stereocenters. The molecule has 1 fully saturated rings. The molecule has 0 aliphatic carbocycles. The van der Waals surface area contributed by atoms with E-state index in [4.69, 9.17) is 9.47 Å². The minimum Gasteiger partial charge on any atom is -0.384 e. The maximum absolute atomic E-state index is 11.6. The highest BCUT2D eigenvalue weighted by molar-refractivity contribution is 5.78. The number of rotatable bonds is 8. The quantitative estimate of drug-likeness (QED) is 0.589. The van der Waals surface area contributed by atoms with E-state index < -0.39 is 0 Å². The fraction of sp³-hybridized carbons (Fsp3) is 0.917. The van der Waals surface area contributed by atoms with Crippen molar-refractivity contribution >= 4 is 5.91 Å². The van der Waals surface area contributed by atoms with Crippen LogP contribution in [0.2, 0.25) is 0 Å². The van der Waals surface area contributed by atoms with E-state index >= 15 is 0 Å². The third kappa shape index (κ3) is 4.49. The van der Waals surface area contributed by atoms with Gasteiger partial charge in [-0.1, -0.05) is 19.8 Å². The number of amides is 1. The molecule has 1 saturated heterocycles. The van der Waals surface area contributed by atoms with Gasteiger partial charge in [0, 0.05) is 32.7 Å². The average Bonchev–Trinajstić information content (AvgIpc) is 2.22. The van der Waals surface area contributed by atoms with Crippen molar-refractivity contribution in [2.24, 2.45) is 5.92 Å².